The second kappa shape index (κ2) is 7.37. The van der Waals surface area contributed by atoms with E-state index < -0.39 is 0 Å². The van der Waals surface area contributed by atoms with Gasteiger partial charge in [-0.2, -0.15) is 0 Å². The van der Waals surface area contributed by atoms with E-state index >= 15 is 0 Å². The van der Waals surface area contributed by atoms with Crippen molar-refractivity contribution in [3.8, 4) is 11.5 Å². The molecule has 1 rings (SSSR count). The monoisotopic (exact) mass is 280 g/mol. The zero-order chi connectivity index (χ0) is 15.1. The molecule has 1 aromatic rings. The molecule has 0 bridgehead atoms. The van der Waals surface area contributed by atoms with Crippen LogP contribution in [0.5, 0.6) is 11.5 Å². The quantitative estimate of drug-likeness (QED) is 0.489. The van der Waals surface area contributed by atoms with E-state index in [4.69, 9.17) is 14.7 Å². The highest BCUT2D eigenvalue weighted by Crippen LogP contribution is 2.25. The van der Waals surface area contributed by atoms with E-state index in [1.54, 1.807) is 46.3 Å². The summed E-state index contributed by atoms with van der Waals surface area (Å²) in [5.41, 5.74) is 1.09. The summed E-state index contributed by atoms with van der Waals surface area (Å²) in [5, 5.41) is 12.0. The van der Waals surface area contributed by atoms with Gasteiger partial charge in [-0.05, 0) is 19.1 Å². The maximum absolute atomic E-state index is 11.5. The van der Waals surface area contributed by atoms with Gasteiger partial charge in [-0.1, -0.05) is 5.16 Å². The van der Waals surface area contributed by atoms with Gasteiger partial charge in [0.25, 0.3) is 0 Å². The molecular weight excluding hydrogens is 260 g/mol. The van der Waals surface area contributed by atoms with Crippen LogP contribution in [0.25, 0.3) is 0 Å². The normalized spacial score (nSPS) is 11.1. The van der Waals surface area contributed by atoms with Crippen molar-refractivity contribution in [1.82, 2.24) is 4.90 Å². The molecule has 1 N–H and O–H groups in total. The van der Waals surface area contributed by atoms with E-state index in [0.717, 1.165) is 0 Å². The second-order valence-electron chi connectivity index (χ2n) is 4.43. The SMILES string of the molecule is COc1ccc(/C(C)=N/O)c(OCCC(=O)N(C)C)c1. The van der Waals surface area contributed by atoms with Crippen LogP contribution >= 0.6 is 0 Å². The summed E-state index contributed by atoms with van der Waals surface area (Å²) in [7, 11) is 4.95. The van der Waals surface area contributed by atoms with E-state index in [1.807, 2.05) is 0 Å². The molecule has 1 amide bonds. The Morgan fingerprint density at radius 1 is 1.40 bits per heavy atom. The topological polar surface area (TPSA) is 71.4 Å². The van der Waals surface area contributed by atoms with Crippen molar-refractivity contribution in [3.05, 3.63) is 23.8 Å². The number of ether oxygens (including phenoxy) is 2. The number of amides is 1. The van der Waals surface area contributed by atoms with Crippen LogP contribution in [0.4, 0.5) is 0 Å². The van der Waals surface area contributed by atoms with Crippen LogP contribution in [-0.4, -0.2) is 49.5 Å². The van der Waals surface area contributed by atoms with E-state index in [0.29, 0.717) is 22.8 Å². The fourth-order valence-electron chi connectivity index (χ4n) is 1.57. The molecule has 0 atom stereocenters. The molecule has 0 heterocycles. The molecule has 0 radical (unpaired) electrons. The molecule has 0 spiro atoms. The Hall–Kier alpha value is -2.24. The van der Waals surface area contributed by atoms with Gasteiger partial charge in [0.05, 0.1) is 25.8 Å². The second-order valence-corrected chi connectivity index (χ2v) is 4.43. The first-order valence-electron chi connectivity index (χ1n) is 6.19. The number of hydrogen-bond donors (Lipinski definition) is 1. The maximum atomic E-state index is 11.5. The third-order valence-corrected chi connectivity index (χ3v) is 2.80. The number of rotatable bonds is 6. The van der Waals surface area contributed by atoms with Crippen LogP contribution in [0.15, 0.2) is 23.4 Å². The van der Waals surface area contributed by atoms with Crippen molar-refractivity contribution < 1.29 is 19.5 Å². The van der Waals surface area contributed by atoms with E-state index in [1.165, 1.54) is 4.90 Å². The summed E-state index contributed by atoms with van der Waals surface area (Å²) < 4.78 is 10.7. The number of oxime groups is 1. The lowest BCUT2D eigenvalue weighted by Gasteiger charge is -2.14. The van der Waals surface area contributed by atoms with Crippen LogP contribution in [0.1, 0.15) is 18.9 Å². The molecule has 0 saturated heterocycles. The largest absolute Gasteiger partial charge is 0.497 e. The Bertz CT molecular complexity index is 498. The lowest BCUT2D eigenvalue weighted by atomic mass is 10.1. The first-order valence-corrected chi connectivity index (χ1v) is 6.19. The predicted octanol–water partition coefficient (Wildman–Crippen LogP) is 1.75. The molecule has 0 aliphatic heterocycles. The van der Waals surface area contributed by atoms with Crippen molar-refractivity contribution in [3.63, 3.8) is 0 Å². The Balaban J connectivity index is 2.83. The lowest BCUT2D eigenvalue weighted by Crippen LogP contribution is -2.23. The van der Waals surface area contributed by atoms with Gasteiger partial charge in [0.15, 0.2) is 0 Å². The fraction of sp³-hybridized carbons (Fsp3) is 0.429. The Morgan fingerprint density at radius 3 is 2.65 bits per heavy atom. The van der Waals surface area contributed by atoms with Gasteiger partial charge < -0.3 is 19.6 Å². The first-order chi connectivity index (χ1) is 9.49. The molecule has 6 heteroatoms. The van der Waals surface area contributed by atoms with Gasteiger partial charge in [-0.15, -0.1) is 0 Å². The highest BCUT2D eigenvalue weighted by molar-refractivity contribution is 6.00. The Kier molecular flexibility index (Phi) is 5.83. The van der Waals surface area contributed by atoms with Crippen molar-refractivity contribution in [2.45, 2.75) is 13.3 Å². The number of carbonyl (C=O) groups is 1. The highest BCUT2D eigenvalue weighted by atomic mass is 16.5. The minimum atomic E-state index is -0.0120. The van der Waals surface area contributed by atoms with Crippen molar-refractivity contribution in [1.29, 1.82) is 0 Å². The molecule has 0 aliphatic carbocycles. The van der Waals surface area contributed by atoms with Crippen molar-refractivity contribution >= 4 is 11.6 Å². The number of benzene rings is 1. The molecular formula is C14H20N2O4. The summed E-state index contributed by atoms with van der Waals surface area (Å²) in [6.45, 7) is 1.91. The van der Waals surface area contributed by atoms with Crippen LogP contribution in [0.3, 0.4) is 0 Å². The first kappa shape index (κ1) is 15.8. The maximum Gasteiger partial charge on any atom is 0.225 e. The molecule has 6 nitrogen and oxygen atoms in total. The molecule has 1 aromatic carbocycles. The van der Waals surface area contributed by atoms with Gasteiger partial charge in [0.1, 0.15) is 11.5 Å². The Labute approximate surface area is 118 Å². The lowest BCUT2D eigenvalue weighted by molar-refractivity contribution is -0.129. The third-order valence-electron chi connectivity index (χ3n) is 2.80. The number of methoxy groups -OCH3 is 1. The summed E-state index contributed by atoms with van der Waals surface area (Å²) in [5.74, 6) is 1.14. The van der Waals surface area contributed by atoms with E-state index in [-0.39, 0.29) is 18.9 Å². The smallest absolute Gasteiger partial charge is 0.225 e. The zero-order valence-corrected chi connectivity index (χ0v) is 12.2. The molecule has 0 aromatic heterocycles. The zero-order valence-electron chi connectivity index (χ0n) is 12.2. The molecule has 0 aliphatic rings. The molecule has 20 heavy (non-hydrogen) atoms. The number of hydrogen-bond acceptors (Lipinski definition) is 5. The van der Waals surface area contributed by atoms with Gasteiger partial charge >= 0.3 is 0 Å². The number of carbonyl (C=O) groups excluding carboxylic acids is 1. The molecule has 0 saturated carbocycles. The van der Waals surface area contributed by atoms with Crippen molar-refractivity contribution in [2.75, 3.05) is 27.8 Å². The molecule has 110 valence electrons. The predicted molar refractivity (Wildman–Crippen MR) is 75.8 cm³/mol. The Morgan fingerprint density at radius 2 is 2.10 bits per heavy atom. The van der Waals surface area contributed by atoms with Crippen LogP contribution in [0, 0.1) is 0 Å². The van der Waals surface area contributed by atoms with Crippen LogP contribution < -0.4 is 9.47 Å². The van der Waals surface area contributed by atoms with Gasteiger partial charge in [0.2, 0.25) is 5.91 Å². The van der Waals surface area contributed by atoms with E-state index in [2.05, 4.69) is 5.16 Å². The summed E-state index contributed by atoms with van der Waals surface area (Å²) in [6, 6.07) is 5.20. The average molecular weight is 280 g/mol. The average Bonchev–Trinajstić information content (AvgIpc) is 2.45. The van der Waals surface area contributed by atoms with Crippen LogP contribution in [0.2, 0.25) is 0 Å². The van der Waals surface area contributed by atoms with Crippen LogP contribution in [-0.2, 0) is 4.79 Å². The highest BCUT2D eigenvalue weighted by Gasteiger charge is 2.11. The number of nitrogens with zero attached hydrogens (tertiary/aromatic N) is 2. The minimum absolute atomic E-state index is 0.0120. The van der Waals surface area contributed by atoms with Crippen molar-refractivity contribution in [2.24, 2.45) is 5.16 Å². The summed E-state index contributed by atoms with van der Waals surface area (Å²) >= 11 is 0. The van der Waals surface area contributed by atoms with Gasteiger partial charge in [-0.3, -0.25) is 4.79 Å². The van der Waals surface area contributed by atoms with E-state index in [9.17, 15) is 4.79 Å². The third kappa shape index (κ3) is 4.15. The minimum Gasteiger partial charge on any atom is -0.497 e. The summed E-state index contributed by atoms with van der Waals surface area (Å²) in [6.07, 6.45) is 0.277. The summed E-state index contributed by atoms with van der Waals surface area (Å²) in [4.78, 5) is 13.0. The van der Waals surface area contributed by atoms with Gasteiger partial charge in [-0.25, -0.2) is 0 Å². The molecule has 0 unspecified atom stereocenters. The standard InChI is InChI=1S/C14H20N2O4/c1-10(15-18)12-6-5-11(19-4)9-13(12)20-8-7-14(17)16(2)3/h5-6,9,18H,7-8H2,1-4H3/b15-10+. The fourth-order valence-corrected chi connectivity index (χ4v) is 1.57. The van der Waals surface area contributed by atoms with Gasteiger partial charge in [0, 0.05) is 25.7 Å². The molecule has 0 fully saturated rings.